The molecule has 0 aliphatic heterocycles. The predicted octanol–water partition coefficient (Wildman–Crippen LogP) is 0.713. The molecule has 0 radical (unpaired) electrons. The van der Waals surface area contributed by atoms with Crippen molar-refractivity contribution in [3.63, 3.8) is 0 Å². The summed E-state index contributed by atoms with van der Waals surface area (Å²) >= 11 is 0. The Morgan fingerprint density at radius 1 is 1.69 bits per heavy atom. The Kier molecular flexibility index (Phi) is 2.00. The molecule has 1 saturated carbocycles. The van der Waals surface area contributed by atoms with Gasteiger partial charge < -0.3 is 11.1 Å². The molecule has 0 bridgehead atoms. The predicted molar refractivity (Wildman–Crippen MR) is 52.5 cm³/mol. The molecule has 1 aliphatic rings. The molecule has 4 nitrogen and oxygen atoms in total. The molecule has 1 aliphatic carbocycles. The molecule has 1 fully saturated rings. The van der Waals surface area contributed by atoms with Crippen molar-refractivity contribution in [3.05, 3.63) is 12.3 Å². The average molecular weight is 180 g/mol. The molecule has 0 unspecified atom stereocenters. The van der Waals surface area contributed by atoms with E-state index < -0.39 is 0 Å². The van der Waals surface area contributed by atoms with Crippen LogP contribution in [0, 0.1) is 0 Å². The number of nitrogens with two attached hydrogens (primary N) is 1. The van der Waals surface area contributed by atoms with Crippen LogP contribution in [0.2, 0.25) is 0 Å². The summed E-state index contributed by atoms with van der Waals surface area (Å²) in [6, 6.07) is 1.96. The molecular formula is C9H16N4. The van der Waals surface area contributed by atoms with Gasteiger partial charge in [0.05, 0.1) is 0 Å². The van der Waals surface area contributed by atoms with Gasteiger partial charge in [0.15, 0.2) is 0 Å². The summed E-state index contributed by atoms with van der Waals surface area (Å²) in [5.41, 5.74) is 6.09. The lowest BCUT2D eigenvalue weighted by atomic mass is 9.78. The van der Waals surface area contributed by atoms with Gasteiger partial charge in [-0.1, -0.05) is 0 Å². The lowest BCUT2D eigenvalue weighted by molar-refractivity contribution is 0.265. The van der Waals surface area contributed by atoms with E-state index in [0.717, 1.165) is 25.2 Å². The highest BCUT2D eigenvalue weighted by molar-refractivity contribution is 5.33. The SMILES string of the molecule is Cn1ccc(NCC2(N)CCC2)n1. The highest BCUT2D eigenvalue weighted by Gasteiger charge is 2.32. The van der Waals surface area contributed by atoms with E-state index in [2.05, 4.69) is 10.4 Å². The molecule has 0 atom stereocenters. The molecule has 0 amide bonds. The summed E-state index contributed by atoms with van der Waals surface area (Å²) in [4.78, 5) is 0. The summed E-state index contributed by atoms with van der Waals surface area (Å²) in [5, 5.41) is 7.47. The first kappa shape index (κ1) is 8.56. The lowest BCUT2D eigenvalue weighted by Gasteiger charge is -2.38. The molecule has 72 valence electrons. The van der Waals surface area contributed by atoms with Gasteiger partial charge in [-0.15, -0.1) is 0 Å². The van der Waals surface area contributed by atoms with Crippen LogP contribution < -0.4 is 11.1 Å². The van der Waals surface area contributed by atoms with Crippen molar-refractivity contribution in [1.29, 1.82) is 0 Å². The number of nitrogens with one attached hydrogen (secondary N) is 1. The average Bonchev–Trinajstić information content (AvgIpc) is 2.44. The molecule has 2 rings (SSSR count). The molecule has 0 spiro atoms. The van der Waals surface area contributed by atoms with E-state index in [-0.39, 0.29) is 5.54 Å². The molecule has 0 aromatic carbocycles. The molecule has 3 N–H and O–H groups in total. The van der Waals surface area contributed by atoms with Crippen LogP contribution >= 0.6 is 0 Å². The van der Waals surface area contributed by atoms with E-state index in [1.807, 2.05) is 19.3 Å². The van der Waals surface area contributed by atoms with Crippen LogP contribution in [0.4, 0.5) is 5.82 Å². The van der Waals surface area contributed by atoms with Gasteiger partial charge in [0.1, 0.15) is 5.82 Å². The Bertz CT molecular complexity index is 288. The first-order chi connectivity index (χ1) is 6.18. The number of anilines is 1. The summed E-state index contributed by atoms with van der Waals surface area (Å²) in [6.45, 7) is 0.837. The molecule has 0 saturated heterocycles. The third-order valence-electron chi connectivity index (χ3n) is 2.68. The molecule has 1 aromatic heterocycles. The minimum atomic E-state index is 0.0253. The smallest absolute Gasteiger partial charge is 0.148 e. The minimum Gasteiger partial charge on any atom is -0.367 e. The largest absolute Gasteiger partial charge is 0.367 e. The zero-order chi connectivity index (χ0) is 9.31. The van der Waals surface area contributed by atoms with Gasteiger partial charge >= 0.3 is 0 Å². The Hall–Kier alpha value is -1.03. The number of nitrogens with zero attached hydrogens (tertiary/aromatic N) is 2. The minimum absolute atomic E-state index is 0.0253. The van der Waals surface area contributed by atoms with Gasteiger partial charge in [0, 0.05) is 31.4 Å². The quantitative estimate of drug-likeness (QED) is 0.720. The summed E-state index contributed by atoms with van der Waals surface area (Å²) < 4.78 is 1.78. The summed E-state index contributed by atoms with van der Waals surface area (Å²) in [6.07, 6.45) is 5.45. The zero-order valence-electron chi connectivity index (χ0n) is 7.95. The Labute approximate surface area is 78.1 Å². The first-order valence-electron chi connectivity index (χ1n) is 4.70. The number of hydrogen-bond donors (Lipinski definition) is 2. The number of aryl methyl sites for hydroxylation is 1. The maximum absolute atomic E-state index is 6.06. The van der Waals surface area contributed by atoms with Gasteiger partial charge in [-0.05, 0) is 19.3 Å². The maximum Gasteiger partial charge on any atom is 0.148 e. The van der Waals surface area contributed by atoms with Crippen LogP contribution in [-0.2, 0) is 7.05 Å². The van der Waals surface area contributed by atoms with Crippen LogP contribution in [0.3, 0.4) is 0 Å². The Balaban J connectivity index is 1.85. The Morgan fingerprint density at radius 3 is 2.92 bits per heavy atom. The number of aromatic nitrogens is 2. The van der Waals surface area contributed by atoms with Gasteiger partial charge in [0.2, 0.25) is 0 Å². The van der Waals surface area contributed by atoms with Crippen LogP contribution in [0.1, 0.15) is 19.3 Å². The summed E-state index contributed by atoms with van der Waals surface area (Å²) in [7, 11) is 1.91. The van der Waals surface area contributed by atoms with Gasteiger partial charge in [-0.25, -0.2) is 0 Å². The van der Waals surface area contributed by atoms with Crippen molar-refractivity contribution in [2.24, 2.45) is 12.8 Å². The molecule has 1 aromatic rings. The second-order valence-corrected chi connectivity index (χ2v) is 3.94. The van der Waals surface area contributed by atoms with Crippen molar-refractivity contribution in [3.8, 4) is 0 Å². The van der Waals surface area contributed by atoms with Crippen molar-refractivity contribution in [2.45, 2.75) is 24.8 Å². The highest BCUT2D eigenvalue weighted by atomic mass is 15.3. The molecule has 1 heterocycles. The lowest BCUT2D eigenvalue weighted by Crippen LogP contribution is -2.52. The monoisotopic (exact) mass is 180 g/mol. The van der Waals surface area contributed by atoms with E-state index in [9.17, 15) is 0 Å². The fourth-order valence-corrected chi connectivity index (χ4v) is 1.58. The van der Waals surface area contributed by atoms with E-state index in [1.165, 1.54) is 6.42 Å². The normalized spacial score (nSPS) is 19.5. The van der Waals surface area contributed by atoms with Crippen molar-refractivity contribution in [1.82, 2.24) is 9.78 Å². The second-order valence-electron chi connectivity index (χ2n) is 3.94. The third kappa shape index (κ3) is 1.83. The second kappa shape index (κ2) is 3.03. The van der Waals surface area contributed by atoms with Crippen molar-refractivity contribution in [2.75, 3.05) is 11.9 Å². The zero-order valence-corrected chi connectivity index (χ0v) is 7.95. The van der Waals surface area contributed by atoms with E-state index in [0.29, 0.717) is 0 Å². The third-order valence-corrected chi connectivity index (χ3v) is 2.68. The number of hydrogen-bond acceptors (Lipinski definition) is 3. The van der Waals surface area contributed by atoms with Crippen LogP contribution in [-0.4, -0.2) is 21.9 Å². The van der Waals surface area contributed by atoms with E-state index in [4.69, 9.17) is 5.73 Å². The van der Waals surface area contributed by atoms with Crippen molar-refractivity contribution < 1.29 is 0 Å². The summed E-state index contributed by atoms with van der Waals surface area (Å²) in [5.74, 6) is 0.916. The van der Waals surface area contributed by atoms with Crippen LogP contribution in [0.25, 0.3) is 0 Å². The van der Waals surface area contributed by atoms with E-state index in [1.54, 1.807) is 4.68 Å². The molecule has 4 heteroatoms. The topological polar surface area (TPSA) is 55.9 Å². The van der Waals surface area contributed by atoms with Crippen LogP contribution in [0.5, 0.6) is 0 Å². The van der Waals surface area contributed by atoms with Crippen LogP contribution in [0.15, 0.2) is 12.3 Å². The van der Waals surface area contributed by atoms with Crippen molar-refractivity contribution >= 4 is 5.82 Å². The fourth-order valence-electron chi connectivity index (χ4n) is 1.58. The van der Waals surface area contributed by atoms with E-state index >= 15 is 0 Å². The van der Waals surface area contributed by atoms with Gasteiger partial charge in [-0.2, -0.15) is 5.10 Å². The molecule has 13 heavy (non-hydrogen) atoms. The molecular weight excluding hydrogens is 164 g/mol. The number of rotatable bonds is 3. The van der Waals surface area contributed by atoms with Gasteiger partial charge in [-0.3, -0.25) is 4.68 Å². The van der Waals surface area contributed by atoms with Gasteiger partial charge in [0.25, 0.3) is 0 Å². The first-order valence-corrected chi connectivity index (χ1v) is 4.70. The Morgan fingerprint density at radius 2 is 2.46 bits per heavy atom. The standard InChI is InChI=1S/C9H16N4/c1-13-6-3-8(12-13)11-7-9(10)4-2-5-9/h3,6H,2,4-5,7,10H2,1H3,(H,11,12). The maximum atomic E-state index is 6.06. The fraction of sp³-hybridized carbons (Fsp3) is 0.667. The highest BCUT2D eigenvalue weighted by Crippen LogP contribution is 2.28.